The molecule has 1 N–H and O–H groups in total. The number of hydrogen-bond donors (Lipinski definition) is 1. The Balaban J connectivity index is 2.02. The third kappa shape index (κ3) is 4.61. The lowest BCUT2D eigenvalue weighted by Gasteiger charge is -2.15. The van der Waals surface area contributed by atoms with E-state index in [9.17, 15) is 13.6 Å². The SMILES string of the molecule is Cc1cc(OCC(=O)Nc2nnc(C(F)F)s2)c(C(C)C)cc1Cl. The smallest absolute Gasteiger partial charge is 0.291 e. The number of rotatable bonds is 6. The molecule has 0 saturated carbocycles. The lowest BCUT2D eigenvalue weighted by atomic mass is 10.0. The molecule has 0 atom stereocenters. The van der Waals surface area contributed by atoms with Crippen molar-refractivity contribution in [1.29, 1.82) is 0 Å². The van der Waals surface area contributed by atoms with E-state index in [1.54, 1.807) is 6.07 Å². The molecule has 0 aliphatic heterocycles. The van der Waals surface area contributed by atoms with Crippen molar-refractivity contribution in [3.8, 4) is 5.75 Å². The summed E-state index contributed by atoms with van der Waals surface area (Å²) in [4.78, 5) is 11.9. The van der Waals surface area contributed by atoms with Crippen LogP contribution in [-0.2, 0) is 4.79 Å². The summed E-state index contributed by atoms with van der Waals surface area (Å²) in [6.45, 7) is 5.54. The van der Waals surface area contributed by atoms with E-state index >= 15 is 0 Å². The molecule has 1 aromatic heterocycles. The number of aryl methyl sites for hydroxylation is 1. The zero-order valence-corrected chi connectivity index (χ0v) is 14.8. The van der Waals surface area contributed by atoms with E-state index in [0.29, 0.717) is 22.1 Å². The lowest BCUT2D eigenvalue weighted by Crippen LogP contribution is -2.20. The third-order valence-corrected chi connectivity index (χ3v) is 4.40. The first-order valence-corrected chi connectivity index (χ1v) is 8.31. The van der Waals surface area contributed by atoms with E-state index in [2.05, 4.69) is 15.5 Å². The van der Waals surface area contributed by atoms with Crippen LogP contribution in [0, 0.1) is 6.92 Å². The largest absolute Gasteiger partial charge is 0.483 e. The number of anilines is 1. The van der Waals surface area contributed by atoms with Crippen LogP contribution in [0.1, 0.15) is 42.3 Å². The molecule has 5 nitrogen and oxygen atoms in total. The average Bonchev–Trinajstić information content (AvgIpc) is 2.96. The summed E-state index contributed by atoms with van der Waals surface area (Å²) in [6, 6.07) is 3.58. The van der Waals surface area contributed by atoms with Gasteiger partial charge in [0, 0.05) is 5.02 Å². The summed E-state index contributed by atoms with van der Waals surface area (Å²) in [6.07, 6.45) is -2.71. The Morgan fingerprint density at radius 1 is 1.38 bits per heavy atom. The van der Waals surface area contributed by atoms with Gasteiger partial charge in [0.1, 0.15) is 5.75 Å². The first-order valence-electron chi connectivity index (χ1n) is 7.12. The maximum absolute atomic E-state index is 12.4. The van der Waals surface area contributed by atoms with Gasteiger partial charge in [-0.05, 0) is 36.1 Å². The Hall–Kier alpha value is -1.80. The number of benzene rings is 1. The lowest BCUT2D eigenvalue weighted by molar-refractivity contribution is -0.118. The summed E-state index contributed by atoms with van der Waals surface area (Å²) in [5, 5.41) is 9.36. The van der Waals surface area contributed by atoms with Crippen molar-refractivity contribution in [2.45, 2.75) is 33.1 Å². The molecule has 0 aliphatic carbocycles. The van der Waals surface area contributed by atoms with Crippen molar-refractivity contribution < 1.29 is 18.3 Å². The molecule has 0 spiro atoms. The Labute approximate surface area is 147 Å². The maximum atomic E-state index is 12.4. The number of amides is 1. The van der Waals surface area contributed by atoms with Gasteiger partial charge in [-0.15, -0.1) is 10.2 Å². The predicted octanol–water partition coefficient (Wildman–Crippen LogP) is 4.58. The van der Waals surface area contributed by atoms with Crippen LogP contribution in [-0.4, -0.2) is 22.7 Å². The highest BCUT2D eigenvalue weighted by Gasteiger charge is 2.16. The van der Waals surface area contributed by atoms with Crippen LogP contribution in [0.15, 0.2) is 12.1 Å². The van der Waals surface area contributed by atoms with Crippen molar-refractivity contribution in [2.24, 2.45) is 0 Å². The zero-order chi connectivity index (χ0) is 17.9. The molecule has 1 amide bonds. The molecule has 2 aromatic rings. The highest BCUT2D eigenvalue weighted by molar-refractivity contribution is 7.15. The van der Waals surface area contributed by atoms with Crippen molar-refractivity contribution in [3.63, 3.8) is 0 Å². The van der Waals surface area contributed by atoms with E-state index in [1.807, 2.05) is 26.8 Å². The van der Waals surface area contributed by atoms with Gasteiger partial charge in [0.15, 0.2) is 11.6 Å². The number of ether oxygens (including phenoxy) is 1. The quantitative estimate of drug-likeness (QED) is 0.802. The first-order chi connectivity index (χ1) is 11.3. The molecule has 9 heteroatoms. The fraction of sp³-hybridized carbons (Fsp3) is 0.400. The van der Waals surface area contributed by atoms with Gasteiger partial charge in [-0.2, -0.15) is 0 Å². The maximum Gasteiger partial charge on any atom is 0.291 e. The van der Waals surface area contributed by atoms with Gasteiger partial charge in [-0.25, -0.2) is 8.78 Å². The molecule has 0 radical (unpaired) electrons. The highest BCUT2D eigenvalue weighted by Crippen LogP contribution is 2.32. The van der Waals surface area contributed by atoms with E-state index in [0.717, 1.165) is 11.1 Å². The van der Waals surface area contributed by atoms with Gasteiger partial charge in [-0.1, -0.05) is 36.8 Å². The molecule has 24 heavy (non-hydrogen) atoms. The number of alkyl halides is 2. The molecular weight excluding hydrogens is 360 g/mol. The third-order valence-electron chi connectivity index (χ3n) is 3.15. The minimum Gasteiger partial charge on any atom is -0.483 e. The van der Waals surface area contributed by atoms with Gasteiger partial charge in [0.05, 0.1) is 0 Å². The number of carbonyl (C=O) groups is 1. The average molecular weight is 376 g/mol. The van der Waals surface area contributed by atoms with Crippen LogP contribution in [0.25, 0.3) is 0 Å². The Kier molecular flexibility index (Phi) is 6.06. The summed E-state index contributed by atoms with van der Waals surface area (Å²) >= 11 is 6.74. The van der Waals surface area contributed by atoms with Gasteiger partial charge in [-0.3, -0.25) is 10.1 Å². The van der Waals surface area contributed by atoms with Crippen LogP contribution in [0.2, 0.25) is 5.02 Å². The molecule has 1 heterocycles. The Morgan fingerprint density at radius 2 is 2.08 bits per heavy atom. The number of aromatic nitrogens is 2. The minimum atomic E-state index is -2.71. The van der Waals surface area contributed by atoms with Crippen LogP contribution >= 0.6 is 22.9 Å². The topological polar surface area (TPSA) is 64.1 Å². The molecular formula is C15H16ClF2N3O2S. The zero-order valence-electron chi connectivity index (χ0n) is 13.3. The van der Waals surface area contributed by atoms with E-state index in [1.165, 1.54) is 0 Å². The van der Waals surface area contributed by atoms with Gasteiger partial charge >= 0.3 is 0 Å². The van der Waals surface area contributed by atoms with Gasteiger partial charge < -0.3 is 4.74 Å². The summed E-state index contributed by atoms with van der Waals surface area (Å²) < 4.78 is 30.4. The predicted molar refractivity (Wildman–Crippen MR) is 89.3 cm³/mol. The molecule has 0 aliphatic rings. The second kappa shape index (κ2) is 7.85. The number of carbonyl (C=O) groups excluding carboxylic acids is 1. The fourth-order valence-corrected chi connectivity index (χ4v) is 2.71. The summed E-state index contributed by atoms with van der Waals surface area (Å²) in [5.41, 5.74) is 1.72. The van der Waals surface area contributed by atoms with Crippen molar-refractivity contribution >= 4 is 34.0 Å². The van der Waals surface area contributed by atoms with Crippen LogP contribution < -0.4 is 10.1 Å². The molecule has 1 aromatic carbocycles. The summed E-state index contributed by atoms with van der Waals surface area (Å²) in [7, 11) is 0. The monoisotopic (exact) mass is 375 g/mol. The standard InChI is InChI=1S/C15H16ClF2N3O2S/c1-7(2)9-5-10(16)8(3)4-11(9)23-6-12(22)19-15-21-20-14(24-15)13(17)18/h4-5,7,13H,6H2,1-3H3,(H,19,21,22). The Bertz CT molecular complexity index is 738. The van der Waals surface area contributed by atoms with Gasteiger partial charge in [0.25, 0.3) is 12.3 Å². The van der Waals surface area contributed by atoms with Crippen LogP contribution in [0.4, 0.5) is 13.9 Å². The van der Waals surface area contributed by atoms with Crippen molar-refractivity contribution in [1.82, 2.24) is 10.2 Å². The van der Waals surface area contributed by atoms with Crippen molar-refractivity contribution in [2.75, 3.05) is 11.9 Å². The van der Waals surface area contributed by atoms with Crippen LogP contribution in [0.5, 0.6) is 5.75 Å². The van der Waals surface area contributed by atoms with Crippen molar-refractivity contribution in [3.05, 3.63) is 33.3 Å². The second-order valence-corrected chi connectivity index (χ2v) is 6.79. The molecule has 0 bridgehead atoms. The number of hydrogen-bond acceptors (Lipinski definition) is 5. The van der Waals surface area contributed by atoms with Crippen LogP contribution in [0.3, 0.4) is 0 Å². The molecule has 2 rings (SSSR count). The fourth-order valence-electron chi connectivity index (χ4n) is 1.92. The number of nitrogens with zero attached hydrogens (tertiary/aromatic N) is 2. The number of halogens is 3. The van der Waals surface area contributed by atoms with Gasteiger partial charge in [0.2, 0.25) is 5.13 Å². The normalized spacial score (nSPS) is 11.2. The summed E-state index contributed by atoms with van der Waals surface area (Å²) in [5.74, 6) is 0.222. The van der Waals surface area contributed by atoms with E-state index in [-0.39, 0.29) is 17.7 Å². The van der Waals surface area contributed by atoms with E-state index < -0.39 is 17.3 Å². The van der Waals surface area contributed by atoms with E-state index in [4.69, 9.17) is 16.3 Å². The minimum absolute atomic E-state index is 0.00951. The first kappa shape index (κ1) is 18.5. The highest BCUT2D eigenvalue weighted by atomic mass is 35.5. The second-order valence-electron chi connectivity index (χ2n) is 5.38. The molecule has 0 fully saturated rings. The Morgan fingerprint density at radius 3 is 2.67 bits per heavy atom. The number of nitrogens with one attached hydrogen (secondary N) is 1. The molecule has 130 valence electrons. The molecule has 0 saturated heterocycles. The molecule has 0 unspecified atom stereocenters.